The molecule has 0 atom stereocenters. The third-order valence-corrected chi connectivity index (χ3v) is 5.01. The predicted molar refractivity (Wildman–Crippen MR) is 108 cm³/mol. The molecule has 0 saturated carbocycles. The lowest BCUT2D eigenvalue weighted by molar-refractivity contribution is -0.119. The molecule has 1 amide bonds. The van der Waals surface area contributed by atoms with Crippen molar-refractivity contribution in [3.63, 3.8) is 0 Å². The predicted octanol–water partition coefficient (Wildman–Crippen LogP) is 0.917. The third kappa shape index (κ3) is 4.82. The minimum Gasteiger partial charge on any atom is -0.452 e. The molecule has 11 heteroatoms. The molecule has 0 spiro atoms. The van der Waals surface area contributed by atoms with E-state index in [0.29, 0.717) is 11.4 Å². The standard InChI is InChI=1S/C19H18N4O6S/c1-12-10-21-19(26)23(12)15-7-5-13(6-8-15)18(25)29-11-17(24)22-14-3-2-4-16(9-14)30(20,27)28/h2-10H,11H2,1H3,(H,21,26)(H,22,24)(H2,20,27,28). The number of aromatic amines is 1. The molecule has 0 bridgehead atoms. The Bertz CT molecular complexity index is 1260. The van der Waals surface area contributed by atoms with Crippen LogP contribution in [0.5, 0.6) is 0 Å². The van der Waals surface area contributed by atoms with Crippen molar-refractivity contribution < 1.29 is 22.7 Å². The van der Waals surface area contributed by atoms with Crippen LogP contribution in [0, 0.1) is 6.92 Å². The number of hydrogen-bond donors (Lipinski definition) is 3. The number of benzene rings is 2. The first-order chi connectivity index (χ1) is 14.1. The summed E-state index contributed by atoms with van der Waals surface area (Å²) in [5, 5.41) is 7.47. The zero-order chi connectivity index (χ0) is 21.9. The number of H-pyrrole nitrogens is 1. The van der Waals surface area contributed by atoms with Gasteiger partial charge in [-0.05, 0) is 49.4 Å². The number of hydrogen-bond acceptors (Lipinski definition) is 6. The number of esters is 1. The van der Waals surface area contributed by atoms with Crippen LogP contribution < -0.4 is 16.1 Å². The van der Waals surface area contributed by atoms with E-state index in [2.05, 4.69) is 10.3 Å². The number of anilines is 1. The molecule has 0 fully saturated rings. The number of carbonyl (C=O) groups excluding carboxylic acids is 2. The normalized spacial score (nSPS) is 11.1. The van der Waals surface area contributed by atoms with Gasteiger partial charge in [-0.15, -0.1) is 0 Å². The second-order valence-corrected chi connectivity index (χ2v) is 7.88. The number of carbonyl (C=O) groups is 2. The first kappa shape index (κ1) is 21.0. The quantitative estimate of drug-likeness (QED) is 0.494. The minimum absolute atomic E-state index is 0.158. The third-order valence-electron chi connectivity index (χ3n) is 4.10. The Morgan fingerprint density at radius 3 is 2.47 bits per heavy atom. The molecule has 0 aliphatic heterocycles. The van der Waals surface area contributed by atoms with E-state index < -0.39 is 28.5 Å². The highest BCUT2D eigenvalue weighted by atomic mass is 32.2. The summed E-state index contributed by atoms with van der Waals surface area (Å²) in [6.45, 7) is 1.19. The van der Waals surface area contributed by atoms with E-state index in [1.54, 1.807) is 25.3 Å². The van der Waals surface area contributed by atoms with Gasteiger partial charge in [0.1, 0.15) is 0 Å². The van der Waals surface area contributed by atoms with E-state index in [-0.39, 0.29) is 21.8 Å². The van der Waals surface area contributed by atoms with Crippen LogP contribution in [0.1, 0.15) is 16.1 Å². The number of nitrogens with two attached hydrogens (primary N) is 1. The fraction of sp³-hybridized carbons (Fsp3) is 0.105. The zero-order valence-corrected chi connectivity index (χ0v) is 16.6. The molecule has 0 radical (unpaired) electrons. The maximum absolute atomic E-state index is 12.1. The summed E-state index contributed by atoms with van der Waals surface area (Å²) in [6, 6.07) is 11.5. The highest BCUT2D eigenvalue weighted by molar-refractivity contribution is 7.89. The number of primary sulfonamides is 1. The van der Waals surface area contributed by atoms with Crippen molar-refractivity contribution in [2.45, 2.75) is 11.8 Å². The molecule has 0 aliphatic rings. The number of aromatic nitrogens is 2. The van der Waals surface area contributed by atoms with Crippen LogP contribution in [0.4, 0.5) is 5.69 Å². The lowest BCUT2D eigenvalue weighted by atomic mass is 10.2. The average molecular weight is 430 g/mol. The van der Waals surface area contributed by atoms with Crippen LogP contribution in [-0.2, 0) is 19.6 Å². The molecule has 1 aromatic heterocycles. The summed E-state index contributed by atoms with van der Waals surface area (Å²) < 4.78 is 29.1. The van der Waals surface area contributed by atoms with Crippen molar-refractivity contribution in [2.24, 2.45) is 5.14 Å². The van der Waals surface area contributed by atoms with Gasteiger partial charge >= 0.3 is 11.7 Å². The smallest absolute Gasteiger partial charge is 0.338 e. The molecule has 4 N–H and O–H groups in total. The number of imidazole rings is 1. The highest BCUT2D eigenvalue weighted by Crippen LogP contribution is 2.14. The molecular formula is C19H18N4O6S. The van der Waals surface area contributed by atoms with E-state index in [1.165, 1.54) is 41.0 Å². The summed E-state index contributed by atoms with van der Waals surface area (Å²) in [5.41, 5.74) is 1.37. The fourth-order valence-electron chi connectivity index (χ4n) is 2.69. The average Bonchev–Trinajstić information content (AvgIpc) is 3.04. The van der Waals surface area contributed by atoms with Crippen LogP contribution in [-0.4, -0.2) is 36.5 Å². The molecule has 0 unspecified atom stereocenters. The van der Waals surface area contributed by atoms with E-state index in [9.17, 15) is 22.8 Å². The van der Waals surface area contributed by atoms with Gasteiger partial charge in [0, 0.05) is 17.6 Å². The summed E-state index contributed by atoms with van der Waals surface area (Å²) in [7, 11) is -3.91. The Hall–Kier alpha value is -3.70. The van der Waals surface area contributed by atoms with Gasteiger partial charge < -0.3 is 15.0 Å². The van der Waals surface area contributed by atoms with Crippen molar-refractivity contribution in [1.82, 2.24) is 9.55 Å². The largest absolute Gasteiger partial charge is 0.452 e. The van der Waals surface area contributed by atoms with Crippen molar-refractivity contribution >= 4 is 27.6 Å². The number of nitrogens with one attached hydrogen (secondary N) is 2. The molecule has 3 rings (SSSR count). The topological polar surface area (TPSA) is 153 Å². The van der Waals surface area contributed by atoms with Gasteiger partial charge in [0.2, 0.25) is 10.0 Å². The highest BCUT2D eigenvalue weighted by Gasteiger charge is 2.13. The van der Waals surface area contributed by atoms with E-state index in [1.807, 2.05) is 0 Å². The van der Waals surface area contributed by atoms with Crippen LogP contribution in [0.3, 0.4) is 0 Å². The Labute approximate surface area is 171 Å². The van der Waals surface area contributed by atoms with Crippen molar-refractivity contribution in [3.05, 3.63) is 76.5 Å². The van der Waals surface area contributed by atoms with Crippen LogP contribution in [0.2, 0.25) is 0 Å². The first-order valence-corrected chi connectivity index (χ1v) is 10.2. The molecule has 2 aromatic carbocycles. The lowest BCUT2D eigenvalue weighted by Crippen LogP contribution is -2.21. The second kappa shape index (κ2) is 8.35. The number of ether oxygens (including phenoxy) is 1. The molecule has 0 saturated heterocycles. The number of nitrogens with zero attached hydrogens (tertiary/aromatic N) is 1. The monoisotopic (exact) mass is 430 g/mol. The molecular weight excluding hydrogens is 412 g/mol. The number of sulfonamides is 1. The van der Waals surface area contributed by atoms with Crippen LogP contribution in [0.15, 0.2) is 64.4 Å². The SMILES string of the molecule is Cc1c[nH]c(=O)n1-c1ccc(C(=O)OCC(=O)Nc2cccc(S(N)(=O)=O)c2)cc1. The summed E-state index contributed by atoms with van der Waals surface area (Å²) >= 11 is 0. The molecule has 0 aliphatic carbocycles. The van der Waals surface area contributed by atoms with Crippen LogP contribution >= 0.6 is 0 Å². The summed E-state index contributed by atoms with van der Waals surface area (Å²) in [6.07, 6.45) is 1.57. The lowest BCUT2D eigenvalue weighted by Gasteiger charge is -2.08. The van der Waals surface area contributed by atoms with Crippen molar-refractivity contribution in [1.29, 1.82) is 0 Å². The zero-order valence-electron chi connectivity index (χ0n) is 15.8. The maximum Gasteiger partial charge on any atom is 0.338 e. The Balaban J connectivity index is 1.60. The van der Waals surface area contributed by atoms with Crippen LogP contribution in [0.25, 0.3) is 5.69 Å². The van der Waals surface area contributed by atoms with Gasteiger partial charge in [-0.2, -0.15) is 0 Å². The first-order valence-electron chi connectivity index (χ1n) is 8.62. The Morgan fingerprint density at radius 1 is 1.17 bits per heavy atom. The minimum atomic E-state index is -3.91. The molecule has 30 heavy (non-hydrogen) atoms. The van der Waals surface area contributed by atoms with Crippen molar-refractivity contribution in [2.75, 3.05) is 11.9 Å². The van der Waals surface area contributed by atoms with Gasteiger partial charge in [-0.1, -0.05) is 6.07 Å². The summed E-state index contributed by atoms with van der Waals surface area (Å²) in [4.78, 5) is 38.3. The Kier molecular flexibility index (Phi) is 5.85. The van der Waals surface area contributed by atoms with E-state index in [0.717, 1.165) is 0 Å². The van der Waals surface area contributed by atoms with Crippen molar-refractivity contribution in [3.8, 4) is 5.69 Å². The van der Waals surface area contributed by atoms with Gasteiger partial charge in [-0.3, -0.25) is 9.36 Å². The van der Waals surface area contributed by atoms with E-state index in [4.69, 9.17) is 9.88 Å². The second-order valence-electron chi connectivity index (χ2n) is 6.31. The molecule has 1 heterocycles. The maximum atomic E-state index is 12.1. The Morgan fingerprint density at radius 2 is 1.87 bits per heavy atom. The van der Waals surface area contributed by atoms with Gasteiger partial charge in [0.15, 0.2) is 6.61 Å². The number of amides is 1. The fourth-order valence-corrected chi connectivity index (χ4v) is 3.24. The number of rotatable bonds is 6. The summed E-state index contributed by atoms with van der Waals surface area (Å²) in [5.74, 6) is -1.38. The van der Waals surface area contributed by atoms with E-state index >= 15 is 0 Å². The van der Waals surface area contributed by atoms with Gasteiger partial charge in [-0.25, -0.2) is 23.1 Å². The van der Waals surface area contributed by atoms with Gasteiger partial charge in [0.05, 0.1) is 16.1 Å². The molecule has 3 aromatic rings. The molecule has 10 nitrogen and oxygen atoms in total. The van der Waals surface area contributed by atoms with Gasteiger partial charge in [0.25, 0.3) is 5.91 Å². The number of aryl methyl sites for hydroxylation is 1. The molecule has 156 valence electrons.